The summed E-state index contributed by atoms with van der Waals surface area (Å²) in [5.41, 5.74) is 0.343. The normalized spacial score (nSPS) is 14.4. The van der Waals surface area contributed by atoms with Gasteiger partial charge in [0, 0.05) is 4.47 Å². The van der Waals surface area contributed by atoms with Crippen LogP contribution in [-0.4, -0.2) is 21.2 Å². The number of hydrogen-bond acceptors (Lipinski definition) is 4. The van der Waals surface area contributed by atoms with Crippen molar-refractivity contribution in [3.8, 4) is 0 Å². The lowest BCUT2D eigenvalue weighted by Gasteiger charge is -2.02. The fraction of sp³-hybridized carbons (Fsp3) is 0.100. The fourth-order valence-corrected chi connectivity index (χ4v) is 2.85. The van der Waals surface area contributed by atoms with E-state index in [0.717, 1.165) is 9.04 Å². The molecule has 16 heavy (non-hydrogen) atoms. The number of fused-ring (bicyclic) bond motifs is 2. The van der Waals surface area contributed by atoms with Crippen molar-refractivity contribution in [1.82, 2.24) is 9.55 Å². The van der Waals surface area contributed by atoms with Crippen LogP contribution in [0, 0.1) is 0 Å². The minimum absolute atomic E-state index is 0.192. The van der Waals surface area contributed by atoms with Crippen LogP contribution in [-0.2, 0) is 0 Å². The molecule has 0 bridgehead atoms. The van der Waals surface area contributed by atoms with Crippen LogP contribution in [0.2, 0.25) is 0 Å². The molecule has 0 spiro atoms. The van der Waals surface area contributed by atoms with Crippen molar-refractivity contribution in [2.45, 2.75) is 5.16 Å². The van der Waals surface area contributed by atoms with Gasteiger partial charge in [-0.05, 0) is 18.2 Å². The highest BCUT2D eigenvalue weighted by molar-refractivity contribution is 9.10. The van der Waals surface area contributed by atoms with Gasteiger partial charge in [0.15, 0.2) is 5.16 Å². The number of rotatable bonds is 0. The van der Waals surface area contributed by atoms with Gasteiger partial charge in [-0.25, -0.2) is 9.55 Å². The molecule has 0 fully saturated rings. The molecule has 0 saturated heterocycles. The number of carbonyl (C=O) groups is 1. The van der Waals surface area contributed by atoms with Gasteiger partial charge in [-0.1, -0.05) is 27.7 Å². The highest BCUT2D eigenvalue weighted by Gasteiger charge is 2.23. The van der Waals surface area contributed by atoms with E-state index in [4.69, 9.17) is 0 Å². The van der Waals surface area contributed by atoms with Gasteiger partial charge in [0.1, 0.15) is 0 Å². The lowest BCUT2D eigenvalue weighted by Crippen LogP contribution is -2.25. The third kappa shape index (κ3) is 1.33. The maximum Gasteiger partial charge on any atom is 0.268 e. The minimum atomic E-state index is -0.275. The molecule has 4 nitrogen and oxygen atoms in total. The van der Waals surface area contributed by atoms with Crippen LogP contribution < -0.4 is 5.56 Å². The van der Waals surface area contributed by atoms with E-state index >= 15 is 0 Å². The molecule has 2 heterocycles. The van der Waals surface area contributed by atoms with Gasteiger partial charge in [0.2, 0.25) is 5.91 Å². The molecule has 0 unspecified atom stereocenters. The number of aromatic nitrogens is 2. The molecule has 3 rings (SSSR count). The van der Waals surface area contributed by atoms with Gasteiger partial charge in [0.05, 0.1) is 16.7 Å². The van der Waals surface area contributed by atoms with Crippen LogP contribution in [0.5, 0.6) is 0 Å². The summed E-state index contributed by atoms with van der Waals surface area (Å²) in [7, 11) is 0. The van der Waals surface area contributed by atoms with E-state index in [1.54, 1.807) is 18.2 Å². The SMILES string of the molecule is O=C1CSc2nc3cc(Br)ccc3c(=O)n21. The number of halogens is 1. The molecular formula is C10H5BrN2O2S. The van der Waals surface area contributed by atoms with Crippen molar-refractivity contribution < 1.29 is 4.79 Å². The number of nitrogens with zero attached hydrogens (tertiary/aromatic N) is 2. The first kappa shape index (κ1) is 10.0. The largest absolute Gasteiger partial charge is 0.273 e. The second-order valence-electron chi connectivity index (χ2n) is 3.38. The van der Waals surface area contributed by atoms with Gasteiger partial charge in [-0.3, -0.25) is 9.59 Å². The van der Waals surface area contributed by atoms with Crippen molar-refractivity contribution in [2.24, 2.45) is 0 Å². The first-order valence-corrected chi connectivity index (χ1v) is 6.33. The fourth-order valence-electron chi connectivity index (χ4n) is 1.65. The third-order valence-corrected chi connectivity index (χ3v) is 3.79. The van der Waals surface area contributed by atoms with Crippen LogP contribution in [0.1, 0.15) is 4.79 Å². The Labute approximate surface area is 103 Å². The van der Waals surface area contributed by atoms with Gasteiger partial charge < -0.3 is 0 Å². The molecule has 6 heteroatoms. The van der Waals surface area contributed by atoms with Crippen LogP contribution in [0.25, 0.3) is 10.9 Å². The second-order valence-corrected chi connectivity index (χ2v) is 5.24. The van der Waals surface area contributed by atoms with Crippen molar-refractivity contribution in [1.29, 1.82) is 0 Å². The predicted molar refractivity (Wildman–Crippen MR) is 65.1 cm³/mol. The molecule has 0 aliphatic carbocycles. The van der Waals surface area contributed by atoms with Gasteiger partial charge in [-0.2, -0.15) is 0 Å². The lowest BCUT2D eigenvalue weighted by atomic mass is 10.2. The Morgan fingerprint density at radius 1 is 1.38 bits per heavy atom. The Bertz CT molecular complexity index is 680. The maximum atomic E-state index is 12.0. The van der Waals surface area contributed by atoms with E-state index in [1.165, 1.54) is 11.8 Å². The number of benzene rings is 1. The Hall–Kier alpha value is -1.14. The molecule has 1 aliphatic rings. The monoisotopic (exact) mass is 296 g/mol. The van der Waals surface area contributed by atoms with Crippen molar-refractivity contribution in [3.63, 3.8) is 0 Å². The number of hydrogen-bond donors (Lipinski definition) is 0. The molecule has 1 aromatic carbocycles. The Morgan fingerprint density at radius 2 is 2.19 bits per heavy atom. The van der Waals surface area contributed by atoms with Crippen LogP contribution >= 0.6 is 27.7 Å². The summed E-state index contributed by atoms with van der Waals surface area (Å²) in [5.74, 6) is 0.0991. The first-order chi connectivity index (χ1) is 7.66. The highest BCUT2D eigenvalue weighted by atomic mass is 79.9. The average molecular weight is 297 g/mol. The third-order valence-electron chi connectivity index (χ3n) is 2.37. The zero-order valence-electron chi connectivity index (χ0n) is 7.94. The first-order valence-electron chi connectivity index (χ1n) is 4.55. The topological polar surface area (TPSA) is 52.0 Å². The van der Waals surface area contributed by atoms with E-state index in [0.29, 0.717) is 21.8 Å². The zero-order chi connectivity index (χ0) is 11.3. The Morgan fingerprint density at radius 3 is 3.00 bits per heavy atom. The molecule has 2 aromatic rings. The van der Waals surface area contributed by atoms with E-state index in [2.05, 4.69) is 20.9 Å². The van der Waals surface area contributed by atoms with Gasteiger partial charge in [0.25, 0.3) is 5.56 Å². The molecule has 1 aliphatic heterocycles. The summed E-state index contributed by atoms with van der Waals surface area (Å²) < 4.78 is 2.02. The summed E-state index contributed by atoms with van der Waals surface area (Å²) in [5, 5.41) is 0.961. The number of thioether (sulfide) groups is 1. The predicted octanol–water partition coefficient (Wildman–Crippen LogP) is 1.90. The molecule has 0 saturated carbocycles. The smallest absolute Gasteiger partial charge is 0.268 e. The highest BCUT2D eigenvalue weighted by Crippen LogP contribution is 2.24. The van der Waals surface area contributed by atoms with E-state index in [-0.39, 0.29) is 11.5 Å². The van der Waals surface area contributed by atoms with Crippen molar-refractivity contribution in [3.05, 3.63) is 33.0 Å². The summed E-state index contributed by atoms with van der Waals surface area (Å²) >= 11 is 4.62. The summed E-state index contributed by atoms with van der Waals surface area (Å²) in [4.78, 5) is 27.8. The molecule has 0 amide bonds. The van der Waals surface area contributed by atoms with Crippen molar-refractivity contribution >= 4 is 44.5 Å². The van der Waals surface area contributed by atoms with E-state index in [9.17, 15) is 9.59 Å². The summed E-state index contributed by atoms with van der Waals surface area (Å²) in [6.07, 6.45) is 0. The number of carbonyl (C=O) groups excluding carboxylic acids is 1. The maximum absolute atomic E-state index is 12.0. The summed E-state index contributed by atoms with van der Waals surface area (Å²) in [6, 6.07) is 5.23. The van der Waals surface area contributed by atoms with Crippen LogP contribution in [0.15, 0.2) is 32.6 Å². The van der Waals surface area contributed by atoms with Crippen LogP contribution in [0.4, 0.5) is 0 Å². The molecule has 0 atom stereocenters. The average Bonchev–Trinajstić information content (AvgIpc) is 2.60. The van der Waals surface area contributed by atoms with Crippen molar-refractivity contribution in [2.75, 3.05) is 5.75 Å². The Kier molecular flexibility index (Phi) is 2.15. The molecule has 0 radical (unpaired) electrons. The quantitative estimate of drug-likeness (QED) is 0.697. The van der Waals surface area contributed by atoms with E-state index < -0.39 is 0 Å². The second kappa shape index (κ2) is 3.43. The lowest BCUT2D eigenvalue weighted by molar-refractivity contribution is 0.0934. The Balaban J connectivity index is 2.48. The molecule has 80 valence electrons. The minimum Gasteiger partial charge on any atom is -0.273 e. The standard InChI is InChI=1S/C10H5BrN2O2S/c11-5-1-2-6-7(3-5)12-10-13(9(6)15)8(14)4-16-10/h1-3H,4H2. The molecule has 0 N–H and O–H groups in total. The molecular weight excluding hydrogens is 292 g/mol. The van der Waals surface area contributed by atoms with Gasteiger partial charge in [-0.15, -0.1) is 0 Å². The molecule has 1 aromatic heterocycles. The summed E-state index contributed by atoms with van der Waals surface area (Å²) in [6.45, 7) is 0. The van der Waals surface area contributed by atoms with E-state index in [1.807, 2.05) is 0 Å². The zero-order valence-corrected chi connectivity index (χ0v) is 10.3. The van der Waals surface area contributed by atoms with Crippen LogP contribution in [0.3, 0.4) is 0 Å². The van der Waals surface area contributed by atoms with Gasteiger partial charge >= 0.3 is 0 Å².